The number of carbonyl (C=O) groups excluding carboxylic acids is 1. The zero-order chi connectivity index (χ0) is 16.7. The number of benzene rings is 1. The second kappa shape index (κ2) is 11.1. The van der Waals surface area contributed by atoms with Crippen LogP contribution in [0.4, 0.5) is 0 Å². The van der Waals surface area contributed by atoms with E-state index in [4.69, 9.17) is 5.73 Å². The van der Waals surface area contributed by atoms with Gasteiger partial charge in [0.15, 0.2) is 0 Å². The van der Waals surface area contributed by atoms with Crippen LogP contribution in [0.2, 0.25) is 0 Å². The molecule has 4 nitrogen and oxygen atoms in total. The van der Waals surface area contributed by atoms with Crippen LogP contribution in [0.15, 0.2) is 48.8 Å². The molecular weight excluding hydrogens is 357 g/mol. The van der Waals surface area contributed by atoms with Crippen molar-refractivity contribution in [2.24, 2.45) is 11.1 Å². The normalized spacial score (nSPS) is 10.4. The van der Waals surface area contributed by atoms with Crippen molar-refractivity contribution in [2.75, 3.05) is 6.54 Å². The second-order valence-corrected chi connectivity index (χ2v) is 5.81. The molecule has 0 saturated carbocycles. The molecule has 0 atom stereocenters. The van der Waals surface area contributed by atoms with E-state index in [9.17, 15) is 4.79 Å². The highest BCUT2D eigenvalue weighted by molar-refractivity contribution is 5.85. The van der Waals surface area contributed by atoms with Crippen LogP contribution in [0.3, 0.4) is 0 Å². The van der Waals surface area contributed by atoms with Gasteiger partial charge in [-0.2, -0.15) is 0 Å². The summed E-state index contributed by atoms with van der Waals surface area (Å²) in [5.74, 6) is 0.0446. The Morgan fingerprint density at radius 2 is 1.52 bits per heavy atom. The van der Waals surface area contributed by atoms with Gasteiger partial charge in [-0.3, -0.25) is 9.78 Å². The van der Waals surface area contributed by atoms with E-state index >= 15 is 0 Å². The number of pyridine rings is 1. The van der Waals surface area contributed by atoms with E-state index in [1.165, 1.54) is 0 Å². The molecule has 1 aromatic heterocycles. The van der Waals surface area contributed by atoms with Gasteiger partial charge in [0, 0.05) is 25.5 Å². The predicted molar refractivity (Wildman–Crippen MR) is 108 cm³/mol. The number of nitrogens with one attached hydrogen (secondary N) is 1. The minimum Gasteiger partial charge on any atom is -0.352 e. The molecule has 1 aromatic carbocycles. The van der Waals surface area contributed by atoms with E-state index in [1.54, 1.807) is 12.4 Å². The average Bonchev–Trinajstić information content (AvgIpc) is 2.63. The van der Waals surface area contributed by atoms with Crippen molar-refractivity contribution in [1.82, 2.24) is 10.3 Å². The lowest BCUT2D eigenvalue weighted by molar-refractivity contribution is -0.131. The zero-order valence-corrected chi connectivity index (χ0v) is 16.3. The average molecular weight is 384 g/mol. The van der Waals surface area contributed by atoms with Crippen molar-refractivity contribution in [3.05, 3.63) is 54.4 Å². The van der Waals surface area contributed by atoms with Gasteiger partial charge in [0.05, 0.1) is 5.41 Å². The van der Waals surface area contributed by atoms with Gasteiger partial charge in [0.1, 0.15) is 0 Å². The molecule has 1 amide bonds. The molecule has 0 aliphatic carbocycles. The van der Waals surface area contributed by atoms with Crippen LogP contribution in [0.1, 0.15) is 32.3 Å². The Kier molecular flexibility index (Phi) is 10.4. The third-order valence-electron chi connectivity index (χ3n) is 4.65. The summed E-state index contributed by atoms with van der Waals surface area (Å²) in [7, 11) is 0. The Labute approximate surface area is 162 Å². The number of halogens is 2. The van der Waals surface area contributed by atoms with Crippen molar-refractivity contribution < 1.29 is 4.79 Å². The lowest BCUT2D eigenvalue weighted by atomic mass is 9.81. The van der Waals surface area contributed by atoms with E-state index in [-0.39, 0.29) is 30.7 Å². The standard InChI is InChI=1S/C19H25N3O.2ClH/c1-3-19(4-2,14-20)18(23)22-13-15-5-7-16(8-6-15)17-9-11-21-12-10-17;;/h5-12H,3-4,13-14,20H2,1-2H3,(H,22,23);2*1H. The molecule has 3 N–H and O–H groups in total. The zero-order valence-electron chi connectivity index (χ0n) is 14.7. The van der Waals surface area contributed by atoms with Crippen LogP contribution < -0.4 is 11.1 Å². The number of hydrogen-bond acceptors (Lipinski definition) is 3. The SMILES string of the molecule is CCC(CC)(CN)C(=O)NCc1ccc(-c2ccncc2)cc1.Cl.Cl. The first-order chi connectivity index (χ1) is 11.1. The van der Waals surface area contributed by atoms with Crippen LogP contribution >= 0.6 is 24.8 Å². The predicted octanol–water partition coefficient (Wildman–Crippen LogP) is 3.97. The van der Waals surface area contributed by atoms with Gasteiger partial charge in [-0.1, -0.05) is 38.1 Å². The third kappa shape index (κ3) is 5.70. The fraction of sp³-hybridized carbons (Fsp3) is 0.368. The van der Waals surface area contributed by atoms with Crippen LogP contribution in [-0.2, 0) is 11.3 Å². The lowest BCUT2D eigenvalue weighted by Gasteiger charge is -2.28. The summed E-state index contributed by atoms with van der Waals surface area (Å²) in [6.45, 7) is 4.93. The molecule has 138 valence electrons. The summed E-state index contributed by atoms with van der Waals surface area (Å²) in [5.41, 5.74) is 8.72. The summed E-state index contributed by atoms with van der Waals surface area (Å²) in [6.07, 6.45) is 5.08. The first kappa shape index (κ1) is 23.4. The van der Waals surface area contributed by atoms with Gasteiger partial charge in [0.2, 0.25) is 5.91 Å². The highest BCUT2D eigenvalue weighted by Crippen LogP contribution is 2.25. The van der Waals surface area contributed by atoms with Gasteiger partial charge in [0.25, 0.3) is 0 Å². The van der Waals surface area contributed by atoms with E-state index in [2.05, 4.69) is 22.4 Å². The van der Waals surface area contributed by atoms with Gasteiger partial charge in [-0.05, 0) is 41.7 Å². The number of nitrogens with zero attached hydrogens (tertiary/aromatic N) is 1. The van der Waals surface area contributed by atoms with Crippen molar-refractivity contribution in [2.45, 2.75) is 33.2 Å². The number of aromatic nitrogens is 1. The lowest BCUT2D eigenvalue weighted by Crippen LogP contribution is -2.45. The van der Waals surface area contributed by atoms with Crippen LogP contribution in [-0.4, -0.2) is 17.4 Å². The molecule has 2 rings (SSSR count). The molecule has 1 heterocycles. The van der Waals surface area contributed by atoms with Crippen LogP contribution in [0, 0.1) is 5.41 Å². The Morgan fingerprint density at radius 3 is 2.00 bits per heavy atom. The van der Waals surface area contributed by atoms with Crippen molar-refractivity contribution in [3.63, 3.8) is 0 Å². The second-order valence-electron chi connectivity index (χ2n) is 5.81. The summed E-state index contributed by atoms with van der Waals surface area (Å²) in [4.78, 5) is 16.4. The number of carbonyl (C=O) groups is 1. The van der Waals surface area contributed by atoms with Crippen molar-refractivity contribution in [1.29, 1.82) is 0 Å². The molecule has 0 radical (unpaired) electrons. The molecule has 0 spiro atoms. The maximum Gasteiger partial charge on any atom is 0.227 e. The molecule has 6 heteroatoms. The fourth-order valence-corrected chi connectivity index (χ4v) is 2.68. The summed E-state index contributed by atoms with van der Waals surface area (Å²) in [5, 5.41) is 3.02. The summed E-state index contributed by atoms with van der Waals surface area (Å²) in [6, 6.07) is 12.2. The molecule has 0 unspecified atom stereocenters. The topological polar surface area (TPSA) is 68.0 Å². The number of hydrogen-bond donors (Lipinski definition) is 2. The van der Waals surface area contributed by atoms with Crippen LogP contribution in [0.5, 0.6) is 0 Å². The van der Waals surface area contributed by atoms with E-state index < -0.39 is 5.41 Å². The Bertz CT molecular complexity index is 621. The molecule has 2 aromatic rings. The third-order valence-corrected chi connectivity index (χ3v) is 4.65. The monoisotopic (exact) mass is 383 g/mol. The molecule has 0 aliphatic heterocycles. The first-order valence-electron chi connectivity index (χ1n) is 8.13. The van der Waals surface area contributed by atoms with E-state index in [0.717, 1.165) is 29.5 Å². The summed E-state index contributed by atoms with van der Waals surface area (Å²) < 4.78 is 0. The van der Waals surface area contributed by atoms with Crippen molar-refractivity contribution in [3.8, 4) is 11.1 Å². The van der Waals surface area contributed by atoms with E-state index in [1.807, 2.05) is 38.1 Å². The molecule has 0 fully saturated rings. The van der Waals surface area contributed by atoms with Crippen molar-refractivity contribution >= 4 is 30.7 Å². The maximum atomic E-state index is 12.4. The van der Waals surface area contributed by atoms with Gasteiger partial charge >= 0.3 is 0 Å². The smallest absolute Gasteiger partial charge is 0.227 e. The van der Waals surface area contributed by atoms with Gasteiger partial charge in [-0.15, -0.1) is 24.8 Å². The Morgan fingerprint density at radius 1 is 1.00 bits per heavy atom. The minimum absolute atomic E-state index is 0. The first-order valence-corrected chi connectivity index (χ1v) is 8.13. The molecule has 25 heavy (non-hydrogen) atoms. The number of rotatable bonds is 7. The summed E-state index contributed by atoms with van der Waals surface area (Å²) >= 11 is 0. The quantitative estimate of drug-likeness (QED) is 0.759. The molecule has 0 bridgehead atoms. The molecular formula is C19H27Cl2N3O. The number of amides is 1. The Hall–Kier alpha value is -1.62. The van der Waals surface area contributed by atoms with Gasteiger partial charge < -0.3 is 11.1 Å². The largest absolute Gasteiger partial charge is 0.352 e. The highest BCUT2D eigenvalue weighted by atomic mass is 35.5. The molecule has 0 aliphatic rings. The number of nitrogens with two attached hydrogens (primary N) is 1. The van der Waals surface area contributed by atoms with Crippen LogP contribution in [0.25, 0.3) is 11.1 Å². The molecule has 0 saturated heterocycles. The maximum absolute atomic E-state index is 12.4. The highest BCUT2D eigenvalue weighted by Gasteiger charge is 2.32. The minimum atomic E-state index is -0.447. The van der Waals surface area contributed by atoms with E-state index in [0.29, 0.717) is 13.1 Å². The fourth-order valence-electron chi connectivity index (χ4n) is 2.68. The van der Waals surface area contributed by atoms with Gasteiger partial charge in [-0.25, -0.2) is 0 Å². The Balaban J connectivity index is 0.00000288.